The van der Waals surface area contributed by atoms with Crippen LogP contribution in [0.15, 0.2) is 42.0 Å². The van der Waals surface area contributed by atoms with Crippen LogP contribution in [0.1, 0.15) is 28.0 Å². The third kappa shape index (κ3) is 5.42. The molecule has 2 aromatic heterocycles. The van der Waals surface area contributed by atoms with Crippen molar-refractivity contribution in [3.05, 3.63) is 58.3 Å². The Morgan fingerprint density at radius 2 is 2.03 bits per heavy atom. The summed E-state index contributed by atoms with van der Waals surface area (Å²) in [5.74, 6) is -0.212. The normalized spacial score (nSPS) is 10.9. The van der Waals surface area contributed by atoms with Crippen LogP contribution in [0.5, 0.6) is 5.75 Å². The van der Waals surface area contributed by atoms with Gasteiger partial charge in [0.1, 0.15) is 11.6 Å². The van der Waals surface area contributed by atoms with E-state index in [9.17, 15) is 22.4 Å². The smallest absolute Gasteiger partial charge is 0.387 e. The van der Waals surface area contributed by atoms with Gasteiger partial charge < -0.3 is 4.74 Å². The molecule has 1 amide bonds. The molecule has 0 spiro atoms. The summed E-state index contributed by atoms with van der Waals surface area (Å²) in [6.45, 7) is 0.113. The van der Waals surface area contributed by atoms with E-state index in [1.54, 1.807) is 25.1 Å². The number of nitrogens with one attached hydrogen (secondary N) is 1. The molecule has 158 valence electrons. The zero-order valence-corrected chi connectivity index (χ0v) is 17.3. The van der Waals surface area contributed by atoms with Crippen LogP contribution in [0.3, 0.4) is 0 Å². The third-order valence-corrected chi connectivity index (χ3v) is 5.71. The summed E-state index contributed by atoms with van der Waals surface area (Å²) in [7, 11) is 0. The molecule has 3 rings (SSSR count). The predicted molar refractivity (Wildman–Crippen MR) is 108 cm³/mol. The fourth-order valence-electron chi connectivity index (χ4n) is 2.52. The highest BCUT2D eigenvalue weighted by Crippen LogP contribution is 2.33. The Hall–Kier alpha value is -2.79. The molecular formula is C19H15F4N3O2S2. The number of thiophene rings is 1. The first-order valence-electron chi connectivity index (χ1n) is 8.53. The predicted octanol–water partition coefficient (Wildman–Crippen LogP) is 6.14. The summed E-state index contributed by atoms with van der Waals surface area (Å²) in [6, 6.07) is 7.84. The van der Waals surface area contributed by atoms with Crippen LogP contribution in [0, 0.1) is 6.92 Å². The zero-order valence-electron chi connectivity index (χ0n) is 15.7. The summed E-state index contributed by atoms with van der Waals surface area (Å²) in [6.07, 6.45) is -1.88. The van der Waals surface area contributed by atoms with Gasteiger partial charge in [0.2, 0.25) is 5.13 Å². The molecule has 5 nitrogen and oxygen atoms in total. The number of halogens is 4. The molecule has 0 saturated heterocycles. The number of hydrogen-bond donors (Lipinski definition) is 1. The summed E-state index contributed by atoms with van der Waals surface area (Å²) < 4.78 is 58.3. The molecule has 0 unspecified atom stereocenters. The van der Waals surface area contributed by atoms with E-state index in [0.29, 0.717) is 20.9 Å². The Labute approximate surface area is 177 Å². The second kappa shape index (κ2) is 9.35. The maximum atomic E-state index is 12.6. The Morgan fingerprint density at radius 1 is 1.27 bits per heavy atom. The Morgan fingerprint density at radius 3 is 2.73 bits per heavy atom. The van der Waals surface area contributed by atoms with Crippen molar-refractivity contribution in [1.29, 1.82) is 0 Å². The van der Waals surface area contributed by atoms with Crippen molar-refractivity contribution in [2.24, 2.45) is 0 Å². The van der Waals surface area contributed by atoms with E-state index in [4.69, 9.17) is 0 Å². The molecule has 2 heterocycles. The summed E-state index contributed by atoms with van der Waals surface area (Å²) >= 11 is 2.22. The van der Waals surface area contributed by atoms with E-state index in [1.165, 1.54) is 30.4 Å². The highest BCUT2D eigenvalue weighted by molar-refractivity contribution is 7.15. The van der Waals surface area contributed by atoms with Gasteiger partial charge in [-0.1, -0.05) is 12.1 Å². The number of hydrogen-bond acceptors (Lipinski definition) is 6. The summed E-state index contributed by atoms with van der Waals surface area (Å²) in [5, 5.41) is 2.81. The Kier molecular flexibility index (Phi) is 6.83. The van der Waals surface area contributed by atoms with Crippen LogP contribution < -0.4 is 10.1 Å². The molecule has 0 radical (unpaired) electrons. The molecule has 0 saturated carbocycles. The van der Waals surface area contributed by atoms with E-state index in [1.807, 2.05) is 0 Å². The average Bonchev–Trinajstić information content (AvgIpc) is 3.27. The van der Waals surface area contributed by atoms with Crippen molar-refractivity contribution >= 4 is 33.9 Å². The van der Waals surface area contributed by atoms with Crippen molar-refractivity contribution in [3.8, 4) is 16.2 Å². The molecule has 0 atom stereocenters. The number of nitrogens with zero attached hydrogens (tertiary/aromatic N) is 2. The molecule has 30 heavy (non-hydrogen) atoms. The average molecular weight is 457 g/mol. The van der Waals surface area contributed by atoms with Gasteiger partial charge >= 0.3 is 6.61 Å². The van der Waals surface area contributed by atoms with E-state index in [0.717, 1.165) is 11.5 Å². The highest BCUT2D eigenvalue weighted by Gasteiger charge is 2.17. The zero-order chi connectivity index (χ0) is 21.8. The van der Waals surface area contributed by atoms with Crippen molar-refractivity contribution < 1.29 is 27.1 Å². The van der Waals surface area contributed by atoms with Crippen LogP contribution in [-0.2, 0) is 6.42 Å². The molecule has 0 aliphatic carbocycles. The monoisotopic (exact) mass is 457 g/mol. The number of benzene rings is 1. The van der Waals surface area contributed by atoms with Gasteiger partial charge in [-0.3, -0.25) is 10.1 Å². The van der Waals surface area contributed by atoms with Crippen LogP contribution >= 0.6 is 22.9 Å². The fourth-order valence-corrected chi connectivity index (χ4v) is 4.12. The van der Waals surface area contributed by atoms with Gasteiger partial charge in [0.15, 0.2) is 0 Å². The van der Waals surface area contributed by atoms with Gasteiger partial charge in [0.25, 0.3) is 12.0 Å². The van der Waals surface area contributed by atoms with Crippen molar-refractivity contribution in [1.82, 2.24) is 9.36 Å². The van der Waals surface area contributed by atoms with Gasteiger partial charge in [-0.25, -0.2) is 4.98 Å². The molecule has 1 aromatic carbocycles. The molecule has 3 aromatic rings. The number of carbonyl (C=O) groups is 1. The number of amides is 1. The summed E-state index contributed by atoms with van der Waals surface area (Å²) in [5.41, 5.74) is 0.883. The number of alkyl halides is 2. The second-order valence-corrected chi connectivity index (χ2v) is 8.18. The third-order valence-electron chi connectivity index (χ3n) is 3.94. The fraction of sp³-hybridized carbons (Fsp3) is 0.211. The number of ether oxygens (including phenoxy) is 1. The second-order valence-electron chi connectivity index (χ2n) is 6.17. The number of anilines is 1. The molecule has 0 bridgehead atoms. The Balaban J connectivity index is 1.75. The van der Waals surface area contributed by atoms with E-state index in [2.05, 4.69) is 19.4 Å². The van der Waals surface area contributed by atoms with Gasteiger partial charge in [-0.15, -0.1) is 11.3 Å². The number of aryl methyl sites for hydroxylation is 1. The number of allylic oxidation sites excluding steroid dienone is 1. The SMILES string of the molecule is CC(Cc1nsc(NC(=O)c2cc(-c3cccc(OC(F)F)c3)sc2C)n1)=C(F)F. The van der Waals surface area contributed by atoms with Gasteiger partial charge in [0, 0.05) is 27.7 Å². The minimum atomic E-state index is -2.93. The lowest BCUT2D eigenvalue weighted by Crippen LogP contribution is -2.11. The van der Waals surface area contributed by atoms with Crippen molar-refractivity contribution in [2.45, 2.75) is 26.9 Å². The van der Waals surface area contributed by atoms with E-state index in [-0.39, 0.29) is 28.7 Å². The van der Waals surface area contributed by atoms with Crippen LogP contribution in [0.2, 0.25) is 0 Å². The first-order valence-corrected chi connectivity index (χ1v) is 10.1. The van der Waals surface area contributed by atoms with Crippen LogP contribution in [-0.4, -0.2) is 21.9 Å². The maximum Gasteiger partial charge on any atom is 0.387 e. The van der Waals surface area contributed by atoms with Gasteiger partial charge in [-0.2, -0.15) is 21.9 Å². The Bertz CT molecular complexity index is 1090. The lowest BCUT2D eigenvalue weighted by atomic mass is 10.1. The molecular weight excluding hydrogens is 442 g/mol. The van der Waals surface area contributed by atoms with E-state index < -0.39 is 18.6 Å². The first-order chi connectivity index (χ1) is 14.2. The minimum absolute atomic E-state index is 0.0232. The van der Waals surface area contributed by atoms with Crippen molar-refractivity contribution in [2.75, 3.05) is 5.32 Å². The number of carbonyl (C=O) groups excluding carboxylic acids is 1. The molecule has 1 N–H and O–H groups in total. The van der Waals surface area contributed by atoms with Crippen LogP contribution in [0.4, 0.5) is 22.7 Å². The molecule has 0 aliphatic heterocycles. The first kappa shape index (κ1) is 21.9. The van der Waals surface area contributed by atoms with Crippen molar-refractivity contribution in [3.63, 3.8) is 0 Å². The van der Waals surface area contributed by atoms with E-state index >= 15 is 0 Å². The topological polar surface area (TPSA) is 64.1 Å². The maximum absolute atomic E-state index is 12.6. The largest absolute Gasteiger partial charge is 0.435 e. The minimum Gasteiger partial charge on any atom is -0.435 e. The molecule has 0 aliphatic rings. The quantitative estimate of drug-likeness (QED) is 0.433. The molecule has 0 fully saturated rings. The highest BCUT2D eigenvalue weighted by atomic mass is 32.1. The number of rotatable bonds is 7. The number of aromatic nitrogens is 2. The van der Waals surface area contributed by atoms with Gasteiger partial charge in [-0.05, 0) is 43.2 Å². The molecule has 11 heteroatoms. The summed E-state index contributed by atoms with van der Waals surface area (Å²) in [4.78, 5) is 18.1. The van der Waals surface area contributed by atoms with Crippen LogP contribution in [0.25, 0.3) is 10.4 Å². The standard InChI is InChI=1S/C19H15F4N3O2S2/c1-9(16(20)21)6-15-24-19(30-26-15)25-17(27)13-8-14(29-10(13)2)11-4-3-5-12(7-11)28-18(22)23/h3-5,7-8,18H,6H2,1-2H3,(H,24,25,26,27). The van der Waals surface area contributed by atoms with Gasteiger partial charge in [0.05, 0.1) is 5.56 Å². The lowest BCUT2D eigenvalue weighted by Gasteiger charge is -2.05. The lowest BCUT2D eigenvalue weighted by molar-refractivity contribution is -0.0498.